The van der Waals surface area contributed by atoms with Gasteiger partial charge in [0.25, 0.3) is 0 Å². The van der Waals surface area contributed by atoms with Gasteiger partial charge in [-0.1, -0.05) is 6.08 Å². The van der Waals surface area contributed by atoms with Crippen LogP contribution in [-0.2, 0) is 4.79 Å². The topological polar surface area (TPSA) is 90.3 Å². The Labute approximate surface area is 186 Å². The van der Waals surface area contributed by atoms with Crippen molar-refractivity contribution in [1.29, 1.82) is 5.41 Å². The Morgan fingerprint density at radius 3 is 2.88 bits per heavy atom. The Balaban J connectivity index is 1.95. The number of carbonyl (C=O) groups excluding carboxylic acids is 1. The van der Waals surface area contributed by atoms with Gasteiger partial charge in [0.1, 0.15) is 5.70 Å². The number of fused-ring (bicyclic) bond motifs is 1. The number of allylic oxidation sites excluding steroid dienone is 8. The van der Waals surface area contributed by atoms with Crippen molar-refractivity contribution in [3.63, 3.8) is 0 Å². The van der Waals surface area contributed by atoms with Gasteiger partial charge in [-0.05, 0) is 49.8 Å². The number of dihydropyridines is 1. The largest absolute Gasteiger partial charge is 0.478 e. The SMILES string of the molecule is CCOc1ccc2c(n1)=C(C1=CC=C(C)NC1)C(=C=O)N(C1=C/C(=C/NC)C(=N)C=C1)C=2. The monoisotopic (exact) mass is 427 g/mol. The van der Waals surface area contributed by atoms with Gasteiger partial charge < -0.3 is 25.7 Å². The average molecular weight is 428 g/mol. The minimum atomic E-state index is 0.368. The van der Waals surface area contributed by atoms with Crippen LogP contribution in [0.25, 0.3) is 11.8 Å². The van der Waals surface area contributed by atoms with E-state index in [1.807, 2.05) is 61.4 Å². The minimum Gasteiger partial charge on any atom is -0.478 e. The summed E-state index contributed by atoms with van der Waals surface area (Å²) in [6.45, 7) is 4.98. The summed E-state index contributed by atoms with van der Waals surface area (Å²) in [5, 5.41) is 16.0. The zero-order chi connectivity index (χ0) is 22.7. The Morgan fingerprint density at radius 1 is 1.34 bits per heavy atom. The molecule has 3 aliphatic rings. The maximum Gasteiger partial charge on any atom is 0.213 e. The summed E-state index contributed by atoms with van der Waals surface area (Å²) in [6, 6.07) is 3.77. The van der Waals surface area contributed by atoms with Crippen molar-refractivity contribution in [1.82, 2.24) is 20.5 Å². The van der Waals surface area contributed by atoms with E-state index in [0.717, 1.165) is 27.8 Å². The average Bonchev–Trinajstić information content (AvgIpc) is 2.80. The number of aromatic nitrogens is 1. The van der Waals surface area contributed by atoms with E-state index in [2.05, 4.69) is 16.6 Å². The Bertz CT molecular complexity index is 1300. The highest BCUT2D eigenvalue weighted by molar-refractivity contribution is 6.09. The first kappa shape index (κ1) is 21.2. The summed E-state index contributed by atoms with van der Waals surface area (Å²) in [7, 11) is 1.79. The van der Waals surface area contributed by atoms with Gasteiger partial charge in [0.05, 0.1) is 17.7 Å². The lowest BCUT2D eigenvalue weighted by atomic mass is 9.95. The molecule has 32 heavy (non-hydrogen) atoms. The van der Waals surface area contributed by atoms with Crippen LogP contribution < -0.4 is 25.9 Å². The summed E-state index contributed by atoms with van der Waals surface area (Å²) >= 11 is 0. The fourth-order valence-electron chi connectivity index (χ4n) is 3.75. The molecule has 1 aromatic heterocycles. The van der Waals surface area contributed by atoms with Crippen molar-refractivity contribution in [2.45, 2.75) is 13.8 Å². The first-order valence-corrected chi connectivity index (χ1v) is 10.4. The predicted octanol–water partition coefficient (Wildman–Crippen LogP) is 1.41. The van der Waals surface area contributed by atoms with Crippen molar-refractivity contribution in [2.75, 3.05) is 20.2 Å². The van der Waals surface area contributed by atoms with Gasteiger partial charge >= 0.3 is 0 Å². The molecule has 2 aliphatic heterocycles. The van der Waals surface area contributed by atoms with E-state index in [0.29, 0.717) is 41.4 Å². The van der Waals surface area contributed by atoms with E-state index in [9.17, 15) is 4.79 Å². The lowest BCUT2D eigenvalue weighted by molar-refractivity contribution is 0.325. The third-order valence-electron chi connectivity index (χ3n) is 5.30. The third kappa shape index (κ3) is 3.94. The van der Waals surface area contributed by atoms with Crippen molar-refractivity contribution >= 4 is 23.4 Å². The maximum absolute atomic E-state index is 12.3. The minimum absolute atomic E-state index is 0.368. The van der Waals surface area contributed by atoms with Crippen molar-refractivity contribution in [3.8, 4) is 5.88 Å². The molecule has 1 aliphatic carbocycles. The van der Waals surface area contributed by atoms with Gasteiger partial charge in [0, 0.05) is 59.8 Å². The van der Waals surface area contributed by atoms with Gasteiger partial charge in [-0.25, -0.2) is 9.78 Å². The fourth-order valence-corrected chi connectivity index (χ4v) is 3.75. The van der Waals surface area contributed by atoms with E-state index in [-0.39, 0.29) is 0 Å². The van der Waals surface area contributed by atoms with Crippen LogP contribution in [0.5, 0.6) is 5.88 Å². The molecule has 0 aromatic carbocycles. The lowest BCUT2D eigenvalue weighted by Gasteiger charge is -2.30. The predicted molar refractivity (Wildman–Crippen MR) is 126 cm³/mol. The molecule has 0 unspecified atom stereocenters. The number of nitrogens with zero attached hydrogens (tertiary/aromatic N) is 2. The van der Waals surface area contributed by atoms with Crippen LogP contribution in [0.2, 0.25) is 0 Å². The van der Waals surface area contributed by atoms with Crippen LogP contribution in [0, 0.1) is 5.41 Å². The van der Waals surface area contributed by atoms with E-state index >= 15 is 0 Å². The highest BCUT2D eigenvalue weighted by atomic mass is 16.5. The number of rotatable bonds is 5. The first-order valence-electron chi connectivity index (χ1n) is 10.4. The third-order valence-corrected chi connectivity index (χ3v) is 5.30. The van der Waals surface area contributed by atoms with Crippen LogP contribution in [0.1, 0.15) is 13.8 Å². The smallest absolute Gasteiger partial charge is 0.213 e. The van der Waals surface area contributed by atoms with E-state index < -0.39 is 0 Å². The molecular weight excluding hydrogens is 402 g/mol. The Morgan fingerprint density at radius 2 is 2.19 bits per heavy atom. The molecule has 7 heteroatoms. The molecule has 0 fully saturated rings. The van der Waals surface area contributed by atoms with E-state index in [1.54, 1.807) is 19.3 Å². The number of hydrogen-bond donors (Lipinski definition) is 3. The van der Waals surface area contributed by atoms with E-state index in [4.69, 9.17) is 15.1 Å². The van der Waals surface area contributed by atoms with Gasteiger partial charge in [0.2, 0.25) is 5.88 Å². The molecular formula is C25H25N5O2. The van der Waals surface area contributed by atoms with Crippen LogP contribution in [-0.4, -0.2) is 41.7 Å². The van der Waals surface area contributed by atoms with Crippen LogP contribution in [0.3, 0.4) is 0 Å². The van der Waals surface area contributed by atoms with Crippen molar-refractivity contribution < 1.29 is 9.53 Å². The zero-order valence-electron chi connectivity index (χ0n) is 18.3. The Kier molecular flexibility index (Phi) is 5.92. The van der Waals surface area contributed by atoms with Gasteiger partial charge in [-0.15, -0.1) is 0 Å². The summed E-state index contributed by atoms with van der Waals surface area (Å²) in [5.41, 5.74) is 4.95. The van der Waals surface area contributed by atoms with Gasteiger partial charge in [0.15, 0.2) is 5.94 Å². The molecule has 4 rings (SSSR count). The van der Waals surface area contributed by atoms with E-state index in [1.165, 1.54) is 0 Å². The second-order valence-electron chi connectivity index (χ2n) is 7.44. The zero-order valence-corrected chi connectivity index (χ0v) is 18.3. The number of ether oxygens (including phenoxy) is 1. The van der Waals surface area contributed by atoms with Crippen molar-refractivity contribution in [3.05, 3.63) is 87.5 Å². The van der Waals surface area contributed by atoms with Crippen LogP contribution >= 0.6 is 0 Å². The summed E-state index contributed by atoms with van der Waals surface area (Å²) in [6.07, 6.45) is 13.0. The molecule has 3 heterocycles. The molecule has 7 nitrogen and oxygen atoms in total. The van der Waals surface area contributed by atoms with Gasteiger partial charge in [-0.3, -0.25) is 0 Å². The molecule has 0 amide bonds. The number of pyridine rings is 1. The molecule has 1 aromatic rings. The molecule has 0 saturated heterocycles. The first-order chi connectivity index (χ1) is 15.5. The Hall–Kier alpha value is -4.09. The number of nitrogens with one attached hydrogen (secondary N) is 3. The maximum atomic E-state index is 12.3. The lowest BCUT2D eigenvalue weighted by Crippen LogP contribution is -2.41. The molecule has 0 spiro atoms. The summed E-state index contributed by atoms with van der Waals surface area (Å²) in [5.74, 6) is 2.66. The van der Waals surface area contributed by atoms with Gasteiger partial charge in [-0.2, -0.15) is 0 Å². The molecule has 0 radical (unpaired) electrons. The van der Waals surface area contributed by atoms with Crippen LogP contribution in [0.4, 0.5) is 0 Å². The quantitative estimate of drug-likeness (QED) is 0.616. The summed E-state index contributed by atoms with van der Waals surface area (Å²) in [4.78, 5) is 18.9. The molecule has 0 atom stereocenters. The highest BCUT2D eigenvalue weighted by Gasteiger charge is 2.26. The number of hydrogen-bond acceptors (Lipinski definition) is 7. The second-order valence-corrected chi connectivity index (χ2v) is 7.44. The molecule has 3 N–H and O–H groups in total. The highest BCUT2D eigenvalue weighted by Crippen LogP contribution is 2.30. The molecule has 0 bridgehead atoms. The van der Waals surface area contributed by atoms with Crippen molar-refractivity contribution in [2.24, 2.45) is 0 Å². The fraction of sp³-hybridized carbons (Fsp3) is 0.200. The normalized spacial score (nSPS) is 18.7. The molecule has 162 valence electrons. The van der Waals surface area contributed by atoms with Crippen LogP contribution in [0.15, 0.2) is 77.0 Å². The molecule has 0 saturated carbocycles. The standard InChI is InChI=1S/C25H25N5O2/c1-4-32-23-10-7-18-14-30(20-8-9-21(26)19(11-20)12-27-3)22(15-31)24(25(18)29-23)17-6-5-16(2)28-13-17/h5-12,14,26-28H,4,13H2,1-3H3/b19-12-,26-21?. The summed E-state index contributed by atoms with van der Waals surface area (Å²) < 4.78 is 5.62. The second kappa shape index (κ2) is 8.96.